The van der Waals surface area contributed by atoms with Crippen LogP contribution in [0.4, 0.5) is 5.69 Å². The summed E-state index contributed by atoms with van der Waals surface area (Å²) in [5, 5.41) is 0. The number of para-hydroxylation sites is 1. The smallest absolute Gasteiger partial charge is 0.222 e. The van der Waals surface area contributed by atoms with Crippen molar-refractivity contribution in [2.45, 2.75) is 19.4 Å². The van der Waals surface area contributed by atoms with Gasteiger partial charge in [0.05, 0.1) is 12.2 Å². The predicted molar refractivity (Wildman–Crippen MR) is 79.9 cm³/mol. The minimum atomic E-state index is 0.0962. The molecule has 2 N–H and O–H groups in total. The van der Waals surface area contributed by atoms with Gasteiger partial charge in [-0.2, -0.15) is 0 Å². The normalized spacial score (nSPS) is 10.2. The lowest BCUT2D eigenvalue weighted by Crippen LogP contribution is -2.26. The van der Waals surface area contributed by atoms with Crippen molar-refractivity contribution in [1.82, 2.24) is 9.88 Å². The van der Waals surface area contributed by atoms with Crippen molar-refractivity contribution in [3.8, 4) is 0 Å². The lowest BCUT2D eigenvalue weighted by molar-refractivity contribution is -0.130. The molecule has 0 bridgehead atoms. The van der Waals surface area contributed by atoms with Crippen molar-refractivity contribution < 1.29 is 4.79 Å². The van der Waals surface area contributed by atoms with Gasteiger partial charge < -0.3 is 10.6 Å². The second-order valence-electron chi connectivity index (χ2n) is 4.77. The molecule has 0 saturated heterocycles. The number of anilines is 1. The molecular weight excluding hydrogens is 250 g/mol. The number of nitrogen functional groups attached to an aromatic ring is 1. The Morgan fingerprint density at radius 1 is 1.20 bits per heavy atom. The van der Waals surface area contributed by atoms with E-state index in [-0.39, 0.29) is 5.91 Å². The summed E-state index contributed by atoms with van der Waals surface area (Å²) in [7, 11) is 1.80. The van der Waals surface area contributed by atoms with Crippen LogP contribution in [0.1, 0.15) is 17.7 Å². The summed E-state index contributed by atoms with van der Waals surface area (Å²) in [5.41, 5.74) is 8.53. The van der Waals surface area contributed by atoms with Crippen LogP contribution in [0, 0.1) is 0 Å². The van der Waals surface area contributed by atoms with E-state index >= 15 is 0 Å². The molecule has 0 spiro atoms. The van der Waals surface area contributed by atoms with Crippen molar-refractivity contribution in [1.29, 1.82) is 0 Å². The molecule has 4 nitrogen and oxygen atoms in total. The molecule has 0 unspecified atom stereocenters. The van der Waals surface area contributed by atoms with Crippen molar-refractivity contribution in [3.05, 3.63) is 59.9 Å². The van der Waals surface area contributed by atoms with E-state index in [2.05, 4.69) is 4.98 Å². The molecule has 0 fully saturated rings. The summed E-state index contributed by atoms with van der Waals surface area (Å²) in [6.07, 6.45) is 2.86. The van der Waals surface area contributed by atoms with Crippen LogP contribution in [0.5, 0.6) is 0 Å². The highest BCUT2D eigenvalue weighted by atomic mass is 16.2. The largest absolute Gasteiger partial charge is 0.399 e. The molecule has 104 valence electrons. The standard InChI is InChI=1S/C16H19N3O/c1-19(12-14-7-4-5-11-18-14)16(20)10-9-13-6-2-3-8-15(13)17/h2-8,11H,9-10,12,17H2,1H3. The van der Waals surface area contributed by atoms with E-state index in [9.17, 15) is 4.79 Å². The first kappa shape index (κ1) is 14.1. The van der Waals surface area contributed by atoms with Gasteiger partial charge in [-0.3, -0.25) is 9.78 Å². The summed E-state index contributed by atoms with van der Waals surface area (Å²) in [5.74, 6) is 0.0962. The fourth-order valence-corrected chi connectivity index (χ4v) is 2.02. The minimum Gasteiger partial charge on any atom is -0.399 e. The van der Waals surface area contributed by atoms with Gasteiger partial charge in [0.2, 0.25) is 5.91 Å². The SMILES string of the molecule is CN(Cc1ccccn1)C(=O)CCc1ccccc1N. The Bertz CT molecular complexity index is 569. The number of hydrogen-bond donors (Lipinski definition) is 1. The molecule has 4 heteroatoms. The van der Waals surface area contributed by atoms with E-state index < -0.39 is 0 Å². The molecule has 0 radical (unpaired) electrons. The number of pyridine rings is 1. The zero-order chi connectivity index (χ0) is 14.4. The molecule has 2 rings (SSSR count). The van der Waals surface area contributed by atoms with E-state index in [1.807, 2.05) is 42.5 Å². The molecule has 0 aliphatic rings. The van der Waals surface area contributed by atoms with Gasteiger partial charge in [0, 0.05) is 25.4 Å². The van der Waals surface area contributed by atoms with Gasteiger partial charge in [0.25, 0.3) is 0 Å². The highest BCUT2D eigenvalue weighted by Gasteiger charge is 2.10. The Labute approximate surface area is 119 Å². The molecule has 0 atom stereocenters. The van der Waals surface area contributed by atoms with Crippen LogP contribution in [0.25, 0.3) is 0 Å². The second-order valence-corrected chi connectivity index (χ2v) is 4.77. The van der Waals surface area contributed by atoms with Crippen LogP contribution in [0.2, 0.25) is 0 Å². The molecule has 2 aromatic rings. The first-order valence-corrected chi connectivity index (χ1v) is 6.64. The molecule has 1 amide bonds. The maximum atomic E-state index is 12.1. The van der Waals surface area contributed by atoms with Crippen molar-refractivity contribution in [3.63, 3.8) is 0 Å². The first-order chi connectivity index (χ1) is 9.66. The Morgan fingerprint density at radius 2 is 1.95 bits per heavy atom. The third-order valence-electron chi connectivity index (χ3n) is 3.21. The van der Waals surface area contributed by atoms with E-state index in [1.54, 1.807) is 18.1 Å². The van der Waals surface area contributed by atoms with Crippen LogP contribution in [-0.4, -0.2) is 22.8 Å². The van der Waals surface area contributed by atoms with Gasteiger partial charge in [-0.15, -0.1) is 0 Å². The molecule has 20 heavy (non-hydrogen) atoms. The number of carbonyl (C=O) groups is 1. The average Bonchev–Trinajstić information content (AvgIpc) is 2.47. The van der Waals surface area contributed by atoms with Crippen LogP contribution in [0.15, 0.2) is 48.7 Å². The van der Waals surface area contributed by atoms with E-state index in [1.165, 1.54) is 0 Å². The summed E-state index contributed by atoms with van der Waals surface area (Å²) < 4.78 is 0. The van der Waals surface area contributed by atoms with E-state index in [4.69, 9.17) is 5.73 Å². The number of aryl methyl sites for hydroxylation is 1. The molecular formula is C16H19N3O. The minimum absolute atomic E-state index is 0.0962. The number of nitrogens with zero attached hydrogens (tertiary/aromatic N) is 2. The molecule has 1 aromatic heterocycles. The molecule has 1 aromatic carbocycles. The average molecular weight is 269 g/mol. The highest BCUT2D eigenvalue weighted by Crippen LogP contribution is 2.13. The van der Waals surface area contributed by atoms with Crippen molar-refractivity contribution >= 4 is 11.6 Å². The number of amides is 1. The maximum Gasteiger partial charge on any atom is 0.222 e. The van der Waals surface area contributed by atoms with Crippen molar-refractivity contribution in [2.24, 2.45) is 0 Å². The van der Waals surface area contributed by atoms with Gasteiger partial charge in [0.15, 0.2) is 0 Å². The number of benzene rings is 1. The Kier molecular flexibility index (Phi) is 4.71. The summed E-state index contributed by atoms with van der Waals surface area (Å²) in [6, 6.07) is 13.4. The Morgan fingerprint density at radius 3 is 2.65 bits per heavy atom. The summed E-state index contributed by atoms with van der Waals surface area (Å²) >= 11 is 0. The van der Waals surface area contributed by atoms with Crippen LogP contribution in [-0.2, 0) is 17.8 Å². The van der Waals surface area contributed by atoms with Crippen LogP contribution in [0.3, 0.4) is 0 Å². The van der Waals surface area contributed by atoms with E-state index in [0.717, 1.165) is 16.9 Å². The van der Waals surface area contributed by atoms with Gasteiger partial charge in [0.1, 0.15) is 0 Å². The van der Waals surface area contributed by atoms with Crippen LogP contribution >= 0.6 is 0 Å². The fraction of sp³-hybridized carbons (Fsp3) is 0.250. The lowest BCUT2D eigenvalue weighted by atomic mass is 10.1. The van der Waals surface area contributed by atoms with Crippen molar-refractivity contribution in [2.75, 3.05) is 12.8 Å². The quantitative estimate of drug-likeness (QED) is 0.847. The Balaban J connectivity index is 1.87. The fourth-order valence-electron chi connectivity index (χ4n) is 2.02. The topological polar surface area (TPSA) is 59.2 Å². The third-order valence-corrected chi connectivity index (χ3v) is 3.21. The third kappa shape index (κ3) is 3.82. The number of nitrogens with two attached hydrogens (primary N) is 1. The molecule has 1 heterocycles. The monoisotopic (exact) mass is 269 g/mol. The number of hydrogen-bond acceptors (Lipinski definition) is 3. The zero-order valence-electron chi connectivity index (χ0n) is 11.6. The summed E-state index contributed by atoms with van der Waals surface area (Å²) in [4.78, 5) is 18.0. The Hall–Kier alpha value is -2.36. The lowest BCUT2D eigenvalue weighted by Gasteiger charge is -2.17. The molecule has 0 aliphatic heterocycles. The van der Waals surface area contributed by atoms with Gasteiger partial charge in [-0.25, -0.2) is 0 Å². The molecule has 0 saturated carbocycles. The predicted octanol–water partition coefficient (Wildman–Crippen LogP) is 2.25. The van der Waals surface area contributed by atoms with Gasteiger partial charge in [-0.1, -0.05) is 24.3 Å². The van der Waals surface area contributed by atoms with Gasteiger partial charge in [-0.05, 0) is 30.2 Å². The first-order valence-electron chi connectivity index (χ1n) is 6.64. The number of rotatable bonds is 5. The van der Waals surface area contributed by atoms with Gasteiger partial charge >= 0.3 is 0 Å². The zero-order valence-corrected chi connectivity index (χ0v) is 11.6. The summed E-state index contributed by atoms with van der Waals surface area (Å²) in [6.45, 7) is 0.532. The van der Waals surface area contributed by atoms with Crippen LogP contribution < -0.4 is 5.73 Å². The number of carbonyl (C=O) groups excluding carboxylic acids is 1. The van der Waals surface area contributed by atoms with E-state index in [0.29, 0.717) is 19.4 Å². The maximum absolute atomic E-state index is 12.1. The highest BCUT2D eigenvalue weighted by molar-refractivity contribution is 5.76. The number of aromatic nitrogens is 1. The second kappa shape index (κ2) is 6.70. The molecule has 0 aliphatic carbocycles.